The molecule has 2 saturated heterocycles. The molecule has 1 amide bonds. The number of ether oxygens (including phenoxy) is 1. The number of alkyl carbamates (subject to hydrolysis) is 1. The number of carbonyl (C=O) groups excluding carboxylic acids is 1. The van der Waals surface area contributed by atoms with Gasteiger partial charge >= 0.3 is 6.09 Å². The average Bonchev–Trinajstić information content (AvgIpc) is 2.48. The lowest BCUT2D eigenvalue weighted by atomic mass is 9.91. The SMILES string of the molecule is CCC1(O)CN(CC2CNC(=O)O2)C1. The molecular weight excluding hydrogens is 184 g/mol. The highest BCUT2D eigenvalue weighted by Crippen LogP contribution is 2.24. The second-order valence-electron chi connectivity index (χ2n) is 4.16. The van der Waals surface area contributed by atoms with Crippen molar-refractivity contribution in [3.8, 4) is 0 Å². The van der Waals surface area contributed by atoms with E-state index in [1.165, 1.54) is 0 Å². The van der Waals surface area contributed by atoms with Crippen molar-refractivity contribution in [3.63, 3.8) is 0 Å². The molecule has 0 bridgehead atoms. The minimum Gasteiger partial charge on any atom is -0.443 e. The van der Waals surface area contributed by atoms with Crippen LogP contribution < -0.4 is 5.32 Å². The third-order valence-electron chi connectivity index (χ3n) is 2.90. The van der Waals surface area contributed by atoms with Crippen molar-refractivity contribution in [3.05, 3.63) is 0 Å². The van der Waals surface area contributed by atoms with Crippen LogP contribution in [0.3, 0.4) is 0 Å². The number of rotatable bonds is 3. The summed E-state index contributed by atoms with van der Waals surface area (Å²) >= 11 is 0. The van der Waals surface area contributed by atoms with E-state index in [4.69, 9.17) is 4.74 Å². The van der Waals surface area contributed by atoms with Crippen LogP contribution in [-0.2, 0) is 4.74 Å². The zero-order chi connectivity index (χ0) is 10.2. The van der Waals surface area contributed by atoms with Gasteiger partial charge in [-0.05, 0) is 6.42 Å². The number of β-amino-alcohol motifs (C(OH)–C–C–N with tert-alkyl or cyclic N) is 1. The summed E-state index contributed by atoms with van der Waals surface area (Å²) < 4.78 is 5.00. The van der Waals surface area contributed by atoms with Gasteiger partial charge in [-0.25, -0.2) is 4.79 Å². The number of hydrogen-bond acceptors (Lipinski definition) is 4. The van der Waals surface area contributed by atoms with Crippen LogP contribution in [0.5, 0.6) is 0 Å². The summed E-state index contributed by atoms with van der Waals surface area (Å²) in [5.41, 5.74) is -0.504. The molecule has 0 radical (unpaired) electrons. The normalized spacial score (nSPS) is 30.7. The number of nitrogens with one attached hydrogen (secondary N) is 1. The number of nitrogens with zero attached hydrogens (tertiary/aromatic N) is 1. The second-order valence-corrected chi connectivity index (χ2v) is 4.16. The van der Waals surface area contributed by atoms with Crippen molar-refractivity contribution < 1.29 is 14.6 Å². The molecule has 0 aromatic carbocycles. The summed E-state index contributed by atoms with van der Waals surface area (Å²) in [6.07, 6.45) is 0.400. The van der Waals surface area contributed by atoms with Crippen LogP contribution in [0.1, 0.15) is 13.3 Å². The molecule has 80 valence electrons. The van der Waals surface area contributed by atoms with E-state index < -0.39 is 5.60 Å². The fourth-order valence-corrected chi connectivity index (χ4v) is 1.96. The number of amides is 1. The zero-order valence-corrected chi connectivity index (χ0v) is 8.32. The maximum Gasteiger partial charge on any atom is 0.407 e. The molecule has 1 atom stereocenters. The number of carbonyl (C=O) groups is 1. The van der Waals surface area contributed by atoms with E-state index >= 15 is 0 Å². The molecule has 0 aromatic heterocycles. The molecule has 2 aliphatic heterocycles. The van der Waals surface area contributed by atoms with Crippen LogP contribution in [0.15, 0.2) is 0 Å². The summed E-state index contributed by atoms with van der Waals surface area (Å²) in [4.78, 5) is 12.8. The van der Waals surface area contributed by atoms with Crippen molar-refractivity contribution in [1.82, 2.24) is 10.2 Å². The molecule has 0 spiro atoms. The lowest BCUT2D eigenvalue weighted by molar-refractivity contribution is -0.107. The van der Waals surface area contributed by atoms with Crippen LogP contribution in [0.2, 0.25) is 0 Å². The van der Waals surface area contributed by atoms with Gasteiger partial charge in [0.2, 0.25) is 0 Å². The molecule has 5 heteroatoms. The van der Waals surface area contributed by atoms with Gasteiger partial charge in [0.15, 0.2) is 0 Å². The number of aliphatic hydroxyl groups is 1. The maximum atomic E-state index is 10.7. The highest BCUT2D eigenvalue weighted by molar-refractivity contribution is 5.69. The first-order valence-corrected chi connectivity index (χ1v) is 5.00. The number of cyclic esters (lactones) is 1. The van der Waals surface area contributed by atoms with Gasteiger partial charge in [0.05, 0.1) is 12.1 Å². The van der Waals surface area contributed by atoms with Gasteiger partial charge in [0.25, 0.3) is 0 Å². The Morgan fingerprint density at radius 2 is 2.43 bits per heavy atom. The first kappa shape index (κ1) is 9.73. The number of hydrogen-bond donors (Lipinski definition) is 2. The van der Waals surface area contributed by atoms with Crippen LogP contribution in [-0.4, -0.2) is 54.0 Å². The predicted molar refractivity (Wildman–Crippen MR) is 50.0 cm³/mol. The first-order chi connectivity index (χ1) is 6.61. The second kappa shape index (κ2) is 3.40. The molecule has 5 nitrogen and oxygen atoms in total. The topological polar surface area (TPSA) is 61.8 Å². The third kappa shape index (κ3) is 1.83. The van der Waals surface area contributed by atoms with Crippen molar-refractivity contribution in [1.29, 1.82) is 0 Å². The molecule has 2 heterocycles. The van der Waals surface area contributed by atoms with Crippen LogP contribution in [0.4, 0.5) is 4.79 Å². The summed E-state index contributed by atoms with van der Waals surface area (Å²) in [6.45, 7) is 4.67. The highest BCUT2D eigenvalue weighted by atomic mass is 16.6. The maximum absolute atomic E-state index is 10.7. The minimum atomic E-state index is -0.504. The molecule has 0 aromatic rings. The van der Waals surface area contributed by atoms with Crippen LogP contribution >= 0.6 is 0 Å². The van der Waals surface area contributed by atoms with Crippen molar-refractivity contribution in [2.24, 2.45) is 0 Å². The lowest BCUT2D eigenvalue weighted by Crippen LogP contribution is -2.62. The quantitative estimate of drug-likeness (QED) is 0.648. The molecule has 1 unspecified atom stereocenters. The summed E-state index contributed by atoms with van der Waals surface area (Å²) in [7, 11) is 0. The predicted octanol–water partition coefficient (Wildman–Crippen LogP) is -0.449. The van der Waals surface area contributed by atoms with E-state index in [-0.39, 0.29) is 12.2 Å². The molecule has 14 heavy (non-hydrogen) atoms. The van der Waals surface area contributed by atoms with E-state index in [0.29, 0.717) is 19.6 Å². The summed E-state index contributed by atoms with van der Waals surface area (Å²) in [6, 6.07) is 0. The third-order valence-corrected chi connectivity index (χ3v) is 2.90. The highest BCUT2D eigenvalue weighted by Gasteiger charge is 2.41. The molecule has 2 aliphatic rings. The Labute approximate surface area is 83.0 Å². The van der Waals surface area contributed by atoms with Crippen molar-refractivity contribution in [2.45, 2.75) is 25.0 Å². The number of likely N-dealkylation sites (tertiary alicyclic amines) is 1. The standard InChI is InChI=1S/C9H16N2O3/c1-2-9(13)5-11(6-9)4-7-3-10-8(12)14-7/h7,13H,2-6H2,1H3,(H,10,12). The van der Waals surface area contributed by atoms with Crippen molar-refractivity contribution >= 4 is 6.09 Å². The molecular formula is C9H16N2O3. The molecule has 0 aliphatic carbocycles. The molecule has 2 fully saturated rings. The zero-order valence-electron chi connectivity index (χ0n) is 8.32. The Kier molecular flexibility index (Phi) is 2.36. The monoisotopic (exact) mass is 200 g/mol. The van der Waals surface area contributed by atoms with Gasteiger partial charge in [-0.15, -0.1) is 0 Å². The summed E-state index contributed by atoms with van der Waals surface area (Å²) in [5.74, 6) is 0. The van der Waals surface area contributed by atoms with Crippen molar-refractivity contribution in [2.75, 3.05) is 26.2 Å². The lowest BCUT2D eigenvalue weighted by Gasteiger charge is -2.46. The van der Waals surface area contributed by atoms with Gasteiger partial charge in [0.1, 0.15) is 6.10 Å². The molecule has 2 N–H and O–H groups in total. The van der Waals surface area contributed by atoms with E-state index in [9.17, 15) is 9.90 Å². The van der Waals surface area contributed by atoms with Gasteiger partial charge in [-0.2, -0.15) is 0 Å². The largest absolute Gasteiger partial charge is 0.443 e. The summed E-state index contributed by atoms with van der Waals surface area (Å²) in [5, 5.41) is 12.4. The Morgan fingerprint density at radius 1 is 1.71 bits per heavy atom. The fourth-order valence-electron chi connectivity index (χ4n) is 1.96. The van der Waals surface area contributed by atoms with E-state index in [1.807, 2.05) is 6.92 Å². The molecule has 0 saturated carbocycles. The Morgan fingerprint density at radius 3 is 2.93 bits per heavy atom. The van der Waals surface area contributed by atoms with Gasteiger partial charge in [-0.3, -0.25) is 4.90 Å². The van der Waals surface area contributed by atoms with E-state index in [2.05, 4.69) is 10.2 Å². The van der Waals surface area contributed by atoms with Gasteiger partial charge in [-0.1, -0.05) is 6.92 Å². The Balaban J connectivity index is 1.71. The smallest absolute Gasteiger partial charge is 0.407 e. The fraction of sp³-hybridized carbons (Fsp3) is 0.889. The van der Waals surface area contributed by atoms with E-state index in [0.717, 1.165) is 13.0 Å². The minimum absolute atomic E-state index is 0.0519. The van der Waals surface area contributed by atoms with E-state index in [1.54, 1.807) is 0 Å². The molecule has 2 rings (SSSR count). The van der Waals surface area contributed by atoms with Crippen LogP contribution in [0.25, 0.3) is 0 Å². The van der Waals surface area contributed by atoms with Crippen LogP contribution in [0, 0.1) is 0 Å². The van der Waals surface area contributed by atoms with Gasteiger partial charge < -0.3 is 15.2 Å². The first-order valence-electron chi connectivity index (χ1n) is 5.00. The van der Waals surface area contributed by atoms with Gasteiger partial charge in [0, 0.05) is 19.6 Å². The Hall–Kier alpha value is -0.810. The average molecular weight is 200 g/mol. The Bertz CT molecular complexity index is 238.